The predicted molar refractivity (Wildman–Crippen MR) is 81.3 cm³/mol. The number of aromatic nitrogens is 1. The molecule has 1 heterocycles. The number of ether oxygens (including phenoxy) is 1. The molecule has 0 spiro atoms. The number of carboxylic acids is 1. The highest BCUT2D eigenvalue weighted by atomic mass is 35.5. The second kappa shape index (κ2) is 7.50. The van der Waals surface area contributed by atoms with Gasteiger partial charge < -0.3 is 15.2 Å². The minimum atomic E-state index is -0.975. The van der Waals surface area contributed by atoms with E-state index >= 15 is 0 Å². The van der Waals surface area contributed by atoms with Gasteiger partial charge in [-0.05, 0) is 36.8 Å². The van der Waals surface area contributed by atoms with Crippen LogP contribution in [0.5, 0.6) is 5.75 Å². The Morgan fingerprint density at radius 3 is 2.76 bits per heavy atom. The van der Waals surface area contributed by atoms with Crippen molar-refractivity contribution in [2.75, 3.05) is 18.5 Å². The average molecular weight is 307 g/mol. The van der Waals surface area contributed by atoms with Crippen molar-refractivity contribution < 1.29 is 14.6 Å². The van der Waals surface area contributed by atoms with Crippen molar-refractivity contribution in [3.63, 3.8) is 0 Å². The molecule has 0 saturated carbocycles. The van der Waals surface area contributed by atoms with Crippen LogP contribution in [0, 0.1) is 0 Å². The van der Waals surface area contributed by atoms with Gasteiger partial charge in [-0.3, -0.25) is 4.98 Å². The summed E-state index contributed by atoms with van der Waals surface area (Å²) in [6.45, 7) is 1.12. The number of nitrogens with one attached hydrogen (secondary N) is 1. The van der Waals surface area contributed by atoms with Crippen molar-refractivity contribution in [3.8, 4) is 5.75 Å². The molecule has 0 aliphatic carbocycles. The van der Waals surface area contributed by atoms with Gasteiger partial charge in [-0.25, -0.2) is 4.79 Å². The molecule has 5 nitrogen and oxygen atoms in total. The summed E-state index contributed by atoms with van der Waals surface area (Å²) in [4.78, 5) is 14.9. The van der Waals surface area contributed by atoms with E-state index in [1.807, 2.05) is 0 Å². The molecule has 2 aromatic rings. The summed E-state index contributed by atoms with van der Waals surface area (Å²) in [5, 5.41) is 12.8. The van der Waals surface area contributed by atoms with Crippen LogP contribution >= 0.6 is 11.6 Å². The van der Waals surface area contributed by atoms with Crippen molar-refractivity contribution in [2.24, 2.45) is 0 Å². The summed E-state index contributed by atoms with van der Waals surface area (Å²) in [6, 6.07) is 8.61. The summed E-state index contributed by atoms with van der Waals surface area (Å²) in [6.07, 6.45) is 3.69. The Labute approximate surface area is 127 Å². The van der Waals surface area contributed by atoms with Crippen LogP contribution in [0.3, 0.4) is 0 Å². The van der Waals surface area contributed by atoms with Crippen molar-refractivity contribution in [2.45, 2.75) is 6.42 Å². The monoisotopic (exact) mass is 306 g/mol. The van der Waals surface area contributed by atoms with Crippen LogP contribution < -0.4 is 10.1 Å². The normalized spacial score (nSPS) is 10.1. The highest BCUT2D eigenvalue weighted by molar-refractivity contribution is 6.30. The zero-order valence-corrected chi connectivity index (χ0v) is 12.0. The van der Waals surface area contributed by atoms with Gasteiger partial charge in [-0.1, -0.05) is 11.6 Å². The van der Waals surface area contributed by atoms with E-state index in [4.69, 9.17) is 21.4 Å². The summed E-state index contributed by atoms with van der Waals surface area (Å²) >= 11 is 5.78. The zero-order chi connectivity index (χ0) is 15.1. The van der Waals surface area contributed by atoms with Crippen LogP contribution in [-0.2, 0) is 0 Å². The molecule has 2 rings (SSSR count). The molecule has 0 unspecified atom stereocenters. The maximum absolute atomic E-state index is 11.0. The number of carbonyl (C=O) groups is 1. The molecule has 2 N–H and O–H groups in total. The molecule has 1 aromatic heterocycles. The number of carboxylic acid groups (broad SMARTS) is 1. The first kappa shape index (κ1) is 15.1. The van der Waals surface area contributed by atoms with Crippen LogP contribution in [0.2, 0.25) is 5.02 Å². The number of hydrogen-bond acceptors (Lipinski definition) is 4. The average Bonchev–Trinajstić information content (AvgIpc) is 2.49. The first-order valence-corrected chi connectivity index (χ1v) is 6.84. The van der Waals surface area contributed by atoms with Gasteiger partial charge >= 0.3 is 5.97 Å². The summed E-state index contributed by atoms with van der Waals surface area (Å²) in [5.74, 6) is -0.218. The van der Waals surface area contributed by atoms with Gasteiger partial charge in [-0.2, -0.15) is 0 Å². The van der Waals surface area contributed by atoms with Crippen molar-refractivity contribution in [1.29, 1.82) is 0 Å². The molecule has 21 heavy (non-hydrogen) atoms. The van der Waals surface area contributed by atoms with E-state index in [-0.39, 0.29) is 5.56 Å². The Morgan fingerprint density at radius 2 is 2.05 bits per heavy atom. The number of benzene rings is 1. The molecule has 0 radical (unpaired) electrons. The molecule has 0 fully saturated rings. The first-order chi connectivity index (χ1) is 10.2. The molecular formula is C15H15ClN2O3. The Balaban J connectivity index is 1.75. The van der Waals surface area contributed by atoms with Crippen LogP contribution in [0.15, 0.2) is 42.7 Å². The van der Waals surface area contributed by atoms with E-state index in [1.165, 1.54) is 18.5 Å². The molecule has 6 heteroatoms. The lowest BCUT2D eigenvalue weighted by molar-refractivity contribution is 0.0698. The number of nitrogens with zero attached hydrogens (tertiary/aromatic N) is 1. The fourth-order valence-electron chi connectivity index (χ4n) is 1.74. The topological polar surface area (TPSA) is 71.5 Å². The number of pyridine rings is 1. The first-order valence-electron chi connectivity index (χ1n) is 6.46. The Bertz CT molecular complexity index is 602. The Hall–Kier alpha value is -2.27. The smallest absolute Gasteiger partial charge is 0.337 e. The highest BCUT2D eigenvalue weighted by Gasteiger charge is 2.08. The standard InChI is InChI=1S/C15H15ClN2O3/c16-11-2-4-12(5-3-11)21-9-1-7-18-14-10-17-8-6-13(14)15(19)20/h2-6,8,10,18H,1,7,9H2,(H,19,20). The van der Waals surface area contributed by atoms with Gasteiger partial charge in [0, 0.05) is 17.8 Å². The summed E-state index contributed by atoms with van der Waals surface area (Å²) in [5.41, 5.74) is 0.722. The van der Waals surface area contributed by atoms with E-state index < -0.39 is 5.97 Å². The van der Waals surface area contributed by atoms with Gasteiger partial charge in [0.15, 0.2) is 0 Å². The lowest BCUT2D eigenvalue weighted by Crippen LogP contribution is -2.10. The van der Waals surface area contributed by atoms with E-state index in [0.717, 1.165) is 12.2 Å². The van der Waals surface area contributed by atoms with Crippen molar-refractivity contribution >= 4 is 23.3 Å². The van der Waals surface area contributed by atoms with Crippen LogP contribution in [0.1, 0.15) is 16.8 Å². The maximum Gasteiger partial charge on any atom is 0.337 e. The molecule has 0 saturated heterocycles. The van der Waals surface area contributed by atoms with E-state index in [1.54, 1.807) is 24.3 Å². The third kappa shape index (κ3) is 4.65. The lowest BCUT2D eigenvalue weighted by atomic mass is 10.2. The quantitative estimate of drug-likeness (QED) is 0.768. The summed E-state index contributed by atoms with van der Waals surface area (Å²) in [7, 11) is 0. The molecule has 0 aliphatic rings. The third-order valence-electron chi connectivity index (χ3n) is 2.77. The second-order valence-corrected chi connectivity index (χ2v) is 4.75. The number of hydrogen-bond donors (Lipinski definition) is 2. The third-order valence-corrected chi connectivity index (χ3v) is 3.02. The molecule has 0 aliphatic heterocycles. The Morgan fingerprint density at radius 1 is 1.29 bits per heavy atom. The zero-order valence-electron chi connectivity index (χ0n) is 11.3. The number of aromatic carboxylic acids is 1. The molecule has 0 atom stereocenters. The fourth-order valence-corrected chi connectivity index (χ4v) is 1.86. The largest absolute Gasteiger partial charge is 0.494 e. The molecule has 0 bridgehead atoms. The second-order valence-electron chi connectivity index (χ2n) is 4.31. The van der Waals surface area contributed by atoms with Gasteiger partial charge in [0.1, 0.15) is 5.75 Å². The van der Waals surface area contributed by atoms with Crippen LogP contribution in [-0.4, -0.2) is 29.2 Å². The fraction of sp³-hybridized carbons (Fsp3) is 0.200. The molecular weight excluding hydrogens is 292 g/mol. The molecule has 0 amide bonds. The van der Waals surface area contributed by atoms with E-state index in [2.05, 4.69) is 10.3 Å². The van der Waals surface area contributed by atoms with Crippen LogP contribution in [0.4, 0.5) is 5.69 Å². The number of anilines is 1. The van der Waals surface area contributed by atoms with Crippen molar-refractivity contribution in [3.05, 3.63) is 53.3 Å². The number of halogens is 1. The Kier molecular flexibility index (Phi) is 5.40. The van der Waals surface area contributed by atoms with Gasteiger partial charge in [0.25, 0.3) is 0 Å². The molecule has 110 valence electrons. The van der Waals surface area contributed by atoms with Gasteiger partial charge in [0.05, 0.1) is 24.1 Å². The SMILES string of the molecule is O=C(O)c1ccncc1NCCCOc1ccc(Cl)cc1. The predicted octanol–water partition coefficient (Wildman–Crippen LogP) is 3.31. The maximum atomic E-state index is 11.0. The van der Waals surface area contributed by atoms with Gasteiger partial charge in [-0.15, -0.1) is 0 Å². The lowest BCUT2D eigenvalue weighted by Gasteiger charge is -2.09. The molecule has 1 aromatic carbocycles. The minimum Gasteiger partial charge on any atom is -0.494 e. The van der Waals surface area contributed by atoms with E-state index in [9.17, 15) is 4.79 Å². The number of rotatable bonds is 7. The summed E-state index contributed by atoms with van der Waals surface area (Å²) < 4.78 is 5.55. The highest BCUT2D eigenvalue weighted by Crippen LogP contribution is 2.16. The van der Waals surface area contributed by atoms with Gasteiger partial charge in [0.2, 0.25) is 0 Å². The van der Waals surface area contributed by atoms with Crippen LogP contribution in [0.25, 0.3) is 0 Å². The van der Waals surface area contributed by atoms with Crippen molar-refractivity contribution in [1.82, 2.24) is 4.98 Å². The minimum absolute atomic E-state index is 0.212. The van der Waals surface area contributed by atoms with E-state index in [0.29, 0.717) is 23.9 Å².